The highest BCUT2D eigenvalue weighted by molar-refractivity contribution is 6.08. The molecule has 2 aliphatic rings. The third-order valence-electron chi connectivity index (χ3n) is 6.69. The van der Waals surface area contributed by atoms with Crippen LogP contribution in [0, 0.1) is 30.2 Å². The number of hydrogen-bond acceptors (Lipinski definition) is 4. The van der Waals surface area contributed by atoms with Crippen molar-refractivity contribution in [2.75, 3.05) is 11.4 Å². The minimum Gasteiger partial charge on any atom is -0.503 e. The number of anilines is 1. The van der Waals surface area contributed by atoms with Gasteiger partial charge in [0.2, 0.25) is 5.43 Å². The van der Waals surface area contributed by atoms with E-state index in [1.54, 1.807) is 0 Å². The van der Waals surface area contributed by atoms with E-state index < -0.39 is 57.9 Å². The number of aryl methyl sites for hydroxylation is 1. The summed E-state index contributed by atoms with van der Waals surface area (Å²) >= 11 is 0. The molecule has 7 nitrogen and oxygen atoms in total. The topological polar surface area (TPSA) is 91.6 Å². The second-order valence-corrected chi connectivity index (χ2v) is 8.81. The molecule has 11 heteroatoms. The number of hydrogen-bond donors (Lipinski definition) is 2. The molecule has 0 aliphatic carbocycles. The van der Waals surface area contributed by atoms with Gasteiger partial charge in [0.15, 0.2) is 23.1 Å². The molecule has 36 heavy (non-hydrogen) atoms. The molecule has 0 radical (unpaired) electrons. The minimum atomic E-state index is -1.13. The Morgan fingerprint density at radius 1 is 1.11 bits per heavy atom. The maximum atomic E-state index is 14.3. The fourth-order valence-corrected chi connectivity index (χ4v) is 4.70. The van der Waals surface area contributed by atoms with Crippen molar-refractivity contribution in [2.45, 2.75) is 32.4 Å². The van der Waals surface area contributed by atoms with Gasteiger partial charge in [0, 0.05) is 36.5 Å². The van der Waals surface area contributed by atoms with E-state index in [1.165, 1.54) is 16.4 Å². The van der Waals surface area contributed by atoms with E-state index in [9.17, 15) is 37.1 Å². The number of benzene rings is 2. The molecule has 0 saturated heterocycles. The van der Waals surface area contributed by atoms with Crippen LogP contribution in [0.1, 0.15) is 50.0 Å². The average Bonchev–Trinajstić information content (AvgIpc) is 3.00. The van der Waals surface area contributed by atoms with Gasteiger partial charge in [-0.05, 0) is 37.5 Å². The minimum absolute atomic E-state index is 0.00338. The monoisotopic (exact) mass is 501 g/mol. The van der Waals surface area contributed by atoms with Gasteiger partial charge in [-0.25, -0.2) is 17.6 Å². The van der Waals surface area contributed by atoms with Crippen LogP contribution in [0.4, 0.5) is 23.2 Å². The Kier molecular flexibility index (Phi) is 5.57. The average molecular weight is 501 g/mol. The Morgan fingerprint density at radius 2 is 1.83 bits per heavy atom. The van der Waals surface area contributed by atoms with Crippen LogP contribution in [0.25, 0.3) is 0 Å². The molecule has 2 aromatic carbocycles. The lowest BCUT2D eigenvalue weighted by Gasteiger charge is -2.35. The molecule has 2 N–H and O–H groups in total. The second-order valence-electron chi connectivity index (χ2n) is 8.81. The molecule has 3 aromatic rings. The Bertz CT molecular complexity index is 1520. The van der Waals surface area contributed by atoms with Gasteiger partial charge in [0.25, 0.3) is 11.8 Å². The van der Waals surface area contributed by atoms with Crippen molar-refractivity contribution < 1.29 is 32.3 Å². The SMILES string of the molecule is Cc1c(F)ccc(CNC(=O)c2cn3c(c(O)c2=O)C(=O)N2CC3CCc3cc(F)c(F)cc32)c1F. The van der Waals surface area contributed by atoms with Gasteiger partial charge in [-0.2, -0.15) is 0 Å². The van der Waals surface area contributed by atoms with Crippen LogP contribution in [0.3, 0.4) is 0 Å². The number of carbonyl (C=O) groups excluding carboxylic acids is 2. The summed E-state index contributed by atoms with van der Waals surface area (Å²) in [4.78, 5) is 40.0. The number of nitrogens with one attached hydrogen (secondary N) is 1. The van der Waals surface area contributed by atoms with Crippen molar-refractivity contribution >= 4 is 17.5 Å². The standard InChI is InChI=1S/C25H19F4N3O4/c1-11-16(26)5-3-13(20(11)29)8-30-24(35)15-10-31-14-4-2-12-6-17(27)18(28)7-19(12)32(9-14)25(36)21(31)23(34)22(15)33/h3,5-7,10,14,34H,2,4,8-9H2,1H3,(H,30,35). The molecule has 0 saturated carbocycles. The van der Waals surface area contributed by atoms with Gasteiger partial charge in [-0.1, -0.05) is 6.07 Å². The summed E-state index contributed by atoms with van der Waals surface area (Å²) in [6.45, 7) is 0.946. The largest absolute Gasteiger partial charge is 0.503 e. The van der Waals surface area contributed by atoms with Gasteiger partial charge < -0.3 is 19.9 Å². The number of carbonyl (C=O) groups is 2. The first-order valence-corrected chi connectivity index (χ1v) is 11.1. The molecule has 5 rings (SSSR count). The quantitative estimate of drug-likeness (QED) is 0.538. The summed E-state index contributed by atoms with van der Waals surface area (Å²) in [5.74, 6) is -6.45. The predicted octanol–water partition coefficient (Wildman–Crippen LogP) is 3.50. The molecule has 186 valence electrons. The van der Waals surface area contributed by atoms with Crippen LogP contribution in [0.2, 0.25) is 0 Å². The predicted molar refractivity (Wildman–Crippen MR) is 120 cm³/mol. The molecule has 0 spiro atoms. The third-order valence-corrected chi connectivity index (χ3v) is 6.69. The fraction of sp³-hybridized carbons (Fsp3) is 0.240. The van der Waals surface area contributed by atoms with E-state index in [0.29, 0.717) is 12.0 Å². The molecular formula is C25H19F4N3O4. The maximum Gasteiger partial charge on any atom is 0.279 e. The molecule has 2 aliphatic heterocycles. The first-order valence-electron chi connectivity index (χ1n) is 11.1. The van der Waals surface area contributed by atoms with Crippen molar-refractivity contribution in [3.05, 3.63) is 91.9 Å². The number of amides is 2. The van der Waals surface area contributed by atoms with Gasteiger partial charge in [0.1, 0.15) is 17.2 Å². The van der Waals surface area contributed by atoms with E-state index in [2.05, 4.69) is 5.32 Å². The summed E-state index contributed by atoms with van der Waals surface area (Å²) in [6, 6.07) is 3.64. The lowest BCUT2D eigenvalue weighted by Crippen LogP contribution is -2.44. The number of fused-ring (bicyclic) bond motifs is 6. The Balaban J connectivity index is 1.50. The van der Waals surface area contributed by atoms with E-state index in [1.807, 2.05) is 0 Å². The third kappa shape index (κ3) is 3.62. The van der Waals surface area contributed by atoms with Crippen LogP contribution in [-0.2, 0) is 13.0 Å². The molecular weight excluding hydrogens is 482 g/mol. The van der Waals surface area contributed by atoms with Gasteiger partial charge >= 0.3 is 0 Å². The van der Waals surface area contributed by atoms with Gasteiger partial charge in [-0.3, -0.25) is 14.4 Å². The lowest BCUT2D eigenvalue weighted by molar-refractivity contribution is 0.0929. The molecule has 1 atom stereocenters. The molecule has 2 amide bonds. The summed E-state index contributed by atoms with van der Waals surface area (Å²) in [5.41, 5.74) is -1.64. The van der Waals surface area contributed by atoms with Crippen LogP contribution in [-0.4, -0.2) is 28.0 Å². The zero-order valence-corrected chi connectivity index (χ0v) is 18.9. The zero-order valence-electron chi connectivity index (χ0n) is 18.9. The number of aromatic hydroxyl groups is 1. The smallest absolute Gasteiger partial charge is 0.279 e. The van der Waals surface area contributed by atoms with Crippen molar-refractivity contribution in [1.29, 1.82) is 0 Å². The highest BCUT2D eigenvalue weighted by Gasteiger charge is 2.39. The number of aromatic nitrogens is 1. The first-order chi connectivity index (χ1) is 17.1. The van der Waals surface area contributed by atoms with Crippen molar-refractivity contribution in [3.63, 3.8) is 0 Å². The van der Waals surface area contributed by atoms with Crippen LogP contribution in [0.15, 0.2) is 35.3 Å². The normalized spacial score (nSPS) is 16.3. The Labute approximate surface area is 201 Å². The number of nitrogens with zero attached hydrogens (tertiary/aromatic N) is 2. The number of halogens is 4. The lowest BCUT2D eigenvalue weighted by atomic mass is 10.0. The number of pyridine rings is 1. The van der Waals surface area contributed by atoms with Crippen molar-refractivity contribution in [2.24, 2.45) is 0 Å². The highest BCUT2D eigenvalue weighted by Crippen LogP contribution is 2.38. The fourth-order valence-electron chi connectivity index (χ4n) is 4.70. The van der Waals surface area contributed by atoms with Crippen molar-refractivity contribution in [1.82, 2.24) is 9.88 Å². The van der Waals surface area contributed by atoms with Crippen LogP contribution < -0.4 is 15.6 Å². The van der Waals surface area contributed by atoms with Crippen molar-refractivity contribution in [3.8, 4) is 5.75 Å². The van der Waals surface area contributed by atoms with E-state index in [-0.39, 0.29) is 42.0 Å². The first kappa shape index (κ1) is 23.6. The molecule has 0 fully saturated rings. The van der Waals surface area contributed by atoms with Gasteiger partial charge in [0.05, 0.1) is 11.7 Å². The second kappa shape index (κ2) is 8.51. The Hall–Kier alpha value is -4.15. The summed E-state index contributed by atoms with van der Waals surface area (Å²) < 4.78 is 56.9. The summed E-state index contributed by atoms with van der Waals surface area (Å²) in [7, 11) is 0. The van der Waals surface area contributed by atoms with E-state index >= 15 is 0 Å². The van der Waals surface area contributed by atoms with Crippen LogP contribution in [0.5, 0.6) is 5.75 Å². The van der Waals surface area contributed by atoms with E-state index in [4.69, 9.17) is 0 Å². The zero-order chi connectivity index (χ0) is 25.9. The summed E-state index contributed by atoms with van der Waals surface area (Å²) in [5, 5.41) is 13.0. The van der Waals surface area contributed by atoms with E-state index in [0.717, 1.165) is 30.5 Å². The maximum absolute atomic E-state index is 14.3. The summed E-state index contributed by atoms with van der Waals surface area (Å²) in [6.07, 6.45) is 1.77. The molecule has 3 heterocycles. The molecule has 1 aromatic heterocycles. The van der Waals surface area contributed by atoms with Gasteiger partial charge in [-0.15, -0.1) is 0 Å². The Morgan fingerprint density at radius 3 is 2.58 bits per heavy atom. The molecule has 2 bridgehead atoms. The number of rotatable bonds is 3. The molecule has 1 unspecified atom stereocenters. The van der Waals surface area contributed by atoms with Crippen LogP contribution >= 0.6 is 0 Å². The highest BCUT2D eigenvalue weighted by atomic mass is 19.2.